The Labute approximate surface area is 179 Å². The first kappa shape index (κ1) is 19.2. The number of ether oxygens (including phenoxy) is 1. The van der Waals surface area contributed by atoms with Crippen molar-refractivity contribution in [3.8, 4) is 5.88 Å². The van der Waals surface area contributed by atoms with Gasteiger partial charge in [-0.2, -0.15) is 0 Å². The number of halogens is 1. The van der Waals surface area contributed by atoms with Crippen molar-refractivity contribution in [2.24, 2.45) is 0 Å². The highest BCUT2D eigenvalue weighted by Gasteiger charge is 2.31. The average molecular weight is 412 g/mol. The Hall–Kier alpha value is -3.73. The van der Waals surface area contributed by atoms with Gasteiger partial charge in [-0.15, -0.1) is 0 Å². The van der Waals surface area contributed by atoms with Crippen LogP contribution < -0.4 is 4.74 Å². The van der Waals surface area contributed by atoms with Gasteiger partial charge in [-0.25, -0.2) is 9.37 Å². The highest BCUT2D eigenvalue weighted by atomic mass is 19.1. The Kier molecular flexibility index (Phi) is 5.08. The zero-order valence-electron chi connectivity index (χ0n) is 16.9. The first-order chi connectivity index (χ1) is 15.2. The summed E-state index contributed by atoms with van der Waals surface area (Å²) in [5.41, 5.74) is 3.04. The minimum Gasteiger partial charge on any atom is -0.475 e. The van der Waals surface area contributed by atoms with Gasteiger partial charge in [0.1, 0.15) is 12.4 Å². The molecule has 1 amide bonds. The Balaban J connectivity index is 1.47. The molecule has 31 heavy (non-hydrogen) atoms. The van der Waals surface area contributed by atoms with E-state index in [1.807, 2.05) is 59.5 Å². The molecule has 4 nitrogen and oxygen atoms in total. The van der Waals surface area contributed by atoms with Crippen LogP contribution in [0.25, 0.3) is 10.8 Å². The first-order valence-corrected chi connectivity index (χ1v) is 10.3. The summed E-state index contributed by atoms with van der Waals surface area (Å²) in [6.45, 7) is 0.798. The quantitative estimate of drug-likeness (QED) is 0.473. The minimum absolute atomic E-state index is 0.0213. The highest BCUT2D eigenvalue weighted by Crippen LogP contribution is 2.28. The van der Waals surface area contributed by atoms with E-state index in [4.69, 9.17) is 4.74 Å². The number of hydrogen-bond donors (Lipinski definition) is 0. The number of pyridine rings is 1. The Morgan fingerprint density at radius 1 is 0.968 bits per heavy atom. The number of carbonyl (C=O) groups is 1. The van der Waals surface area contributed by atoms with Gasteiger partial charge in [-0.3, -0.25) is 4.79 Å². The molecule has 5 heteroatoms. The van der Waals surface area contributed by atoms with Crippen LogP contribution in [0.2, 0.25) is 0 Å². The fourth-order valence-electron chi connectivity index (χ4n) is 4.17. The third kappa shape index (κ3) is 3.87. The molecule has 1 aliphatic heterocycles. The molecule has 4 aromatic rings. The van der Waals surface area contributed by atoms with E-state index in [2.05, 4.69) is 17.1 Å². The van der Waals surface area contributed by atoms with Crippen LogP contribution >= 0.6 is 0 Å². The molecule has 0 fully saturated rings. The number of carbonyl (C=O) groups excluding carboxylic acids is 1. The van der Waals surface area contributed by atoms with E-state index >= 15 is 0 Å². The predicted octanol–water partition coefficient (Wildman–Crippen LogP) is 5.02. The summed E-state index contributed by atoms with van der Waals surface area (Å²) in [7, 11) is 0. The second-order valence-corrected chi connectivity index (χ2v) is 7.71. The van der Waals surface area contributed by atoms with Crippen LogP contribution in [-0.4, -0.2) is 28.4 Å². The third-order valence-electron chi connectivity index (χ3n) is 5.76. The summed E-state index contributed by atoms with van der Waals surface area (Å²) >= 11 is 0. The topological polar surface area (TPSA) is 42.4 Å². The molecule has 0 aliphatic carbocycles. The van der Waals surface area contributed by atoms with Crippen molar-refractivity contribution in [1.82, 2.24) is 9.88 Å². The summed E-state index contributed by atoms with van der Waals surface area (Å²) in [5.74, 6) is -0.0866. The molecule has 0 saturated carbocycles. The van der Waals surface area contributed by atoms with Crippen LogP contribution in [0.1, 0.15) is 21.5 Å². The first-order valence-electron chi connectivity index (χ1n) is 10.3. The van der Waals surface area contributed by atoms with Gasteiger partial charge in [0, 0.05) is 18.2 Å². The van der Waals surface area contributed by atoms with Gasteiger partial charge in [-0.05, 0) is 40.5 Å². The zero-order valence-corrected chi connectivity index (χ0v) is 16.9. The molecule has 0 bridgehead atoms. The van der Waals surface area contributed by atoms with Crippen molar-refractivity contribution in [2.75, 3.05) is 6.61 Å². The average Bonchev–Trinajstić information content (AvgIpc) is 2.82. The Morgan fingerprint density at radius 3 is 2.58 bits per heavy atom. The maximum atomic E-state index is 13.7. The lowest BCUT2D eigenvalue weighted by Gasteiger charge is -2.37. The molecule has 1 unspecified atom stereocenters. The molecule has 154 valence electrons. The molecule has 1 atom stereocenters. The summed E-state index contributed by atoms with van der Waals surface area (Å²) in [5, 5.41) is 1.97. The Morgan fingerprint density at radius 2 is 1.74 bits per heavy atom. The lowest BCUT2D eigenvalue weighted by Crippen LogP contribution is -2.47. The maximum absolute atomic E-state index is 13.7. The largest absolute Gasteiger partial charge is 0.475 e. The molecule has 0 radical (unpaired) electrons. The minimum atomic E-state index is -0.410. The van der Waals surface area contributed by atoms with Crippen molar-refractivity contribution in [2.45, 2.75) is 19.0 Å². The number of amides is 1. The number of benzene rings is 3. The van der Waals surface area contributed by atoms with Gasteiger partial charge in [-0.1, -0.05) is 60.7 Å². The van der Waals surface area contributed by atoms with E-state index in [-0.39, 0.29) is 18.6 Å². The highest BCUT2D eigenvalue weighted by molar-refractivity contribution is 6.07. The van der Waals surface area contributed by atoms with Gasteiger partial charge in [0.05, 0.1) is 12.2 Å². The van der Waals surface area contributed by atoms with Crippen molar-refractivity contribution in [3.05, 3.63) is 108 Å². The molecule has 0 spiro atoms. The van der Waals surface area contributed by atoms with E-state index in [0.29, 0.717) is 24.4 Å². The van der Waals surface area contributed by atoms with E-state index in [0.717, 1.165) is 22.5 Å². The number of aromatic nitrogens is 1. The standard InChI is InChI=1S/C26H21FN2O2/c27-21-12-13-25(28-15-21)31-17-22-14-19-7-1-2-8-20(19)16-29(22)26(30)24-11-5-9-18-6-3-4-10-23(18)24/h1-13,15,22H,14,16-17H2. The predicted molar refractivity (Wildman–Crippen MR) is 117 cm³/mol. The van der Waals surface area contributed by atoms with Crippen molar-refractivity contribution >= 4 is 16.7 Å². The molecule has 1 aliphatic rings. The van der Waals surface area contributed by atoms with Gasteiger partial charge >= 0.3 is 0 Å². The molecule has 0 saturated heterocycles. The molecule has 3 aromatic carbocycles. The molecule has 5 rings (SSSR count). The fourth-order valence-corrected chi connectivity index (χ4v) is 4.17. The van der Waals surface area contributed by atoms with E-state index in [1.165, 1.54) is 17.7 Å². The third-order valence-corrected chi connectivity index (χ3v) is 5.76. The molecule has 1 aromatic heterocycles. The van der Waals surface area contributed by atoms with Gasteiger partial charge in [0.25, 0.3) is 5.91 Å². The van der Waals surface area contributed by atoms with Crippen LogP contribution in [0.5, 0.6) is 5.88 Å². The Bertz CT molecular complexity index is 1230. The molecular weight excluding hydrogens is 391 g/mol. The van der Waals surface area contributed by atoms with Gasteiger partial charge < -0.3 is 9.64 Å². The van der Waals surface area contributed by atoms with Crippen LogP contribution in [0, 0.1) is 5.82 Å². The summed E-state index contributed by atoms with van der Waals surface area (Å²) < 4.78 is 19.0. The van der Waals surface area contributed by atoms with Crippen LogP contribution in [-0.2, 0) is 13.0 Å². The van der Waals surface area contributed by atoms with Crippen LogP contribution in [0.4, 0.5) is 4.39 Å². The molecular formula is C26H21FN2O2. The lowest BCUT2D eigenvalue weighted by molar-refractivity contribution is 0.0564. The summed E-state index contributed by atoms with van der Waals surface area (Å²) in [4.78, 5) is 19.6. The number of fused-ring (bicyclic) bond motifs is 2. The number of rotatable bonds is 4. The zero-order chi connectivity index (χ0) is 21.2. The van der Waals surface area contributed by atoms with E-state index in [1.54, 1.807) is 0 Å². The summed E-state index contributed by atoms with van der Waals surface area (Å²) in [6, 6.07) is 24.6. The van der Waals surface area contributed by atoms with E-state index < -0.39 is 5.82 Å². The van der Waals surface area contributed by atoms with Crippen molar-refractivity contribution in [1.29, 1.82) is 0 Å². The van der Waals surface area contributed by atoms with Crippen molar-refractivity contribution < 1.29 is 13.9 Å². The summed E-state index contributed by atoms with van der Waals surface area (Å²) in [6.07, 6.45) is 1.82. The monoisotopic (exact) mass is 412 g/mol. The maximum Gasteiger partial charge on any atom is 0.255 e. The SMILES string of the molecule is O=C(c1cccc2ccccc12)N1Cc2ccccc2CC1COc1ccc(F)cn1. The molecule has 2 heterocycles. The fraction of sp³-hybridized carbons (Fsp3) is 0.154. The smallest absolute Gasteiger partial charge is 0.255 e. The number of nitrogens with zero attached hydrogens (tertiary/aromatic N) is 2. The van der Waals surface area contributed by atoms with Crippen LogP contribution in [0.15, 0.2) is 85.1 Å². The second-order valence-electron chi connectivity index (χ2n) is 7.71. The van der Waals surface area contributed by atoms with Gasteiger partial charge in [0.2, 0.25) is 5.88 Å². The normalized spacial score (nSPS) is 15.5. The van der Waals surface area contributed by atoms with Crippen molar-refractivity contribution in [3.63, 3.8) is 0 Å². The lowest BCUT2D eigenvalue weighted by atomic mass is 9.93. The van der Waals surface area contributed by atoms with E-state index in [9.17, 15) is 9.18 Å². The second kappa shape index (κ2) is 8.19. The van der Waals surface area contributed by atoms with Gasteiger partial charge in [0.15, 0.2) is 0 Å². The number of hydrogen-bond acceptors (Lipinski definition) is 3. The molecule has 0 N–H and O–H groups in total. The van der Waals surface area contributed by atoms with Crippen LogP contribution in [0.3, 0.4) is 0 Å².